The van der Waals surface area contributed by atoms with Crippen LogP contribution in [0.4, 0.5) is 5.82 Å². The van der Waals surface area contributed by atoms with Crippen LogP contribution in [0.3, 0.4) is 0 Å². The van der Waals surface area contributed by atoms with Gasteiger partial charge in [0.1, 0.15) is 24.5 Å². The van der Waals surface area contributed by atoms with Gasteiger partial charge in [0.2, 0.25) is 6.39 Å². The van der Waals surface area contributed by atoms with Gasteiger partial charge < -0.3 is 14.2 Å². The number of benzene rings is 1. The molecule has 24 heavy (non-hydrogen) atoms. The Balaban J connectivity index is 1.61. The molecule has 3 heterocycles. The van der Waals surface area contributed by atoms with Crippen molar-refractivity contribution in [2.45, 2.75) is 19.4 Å². The van der Waals surface area contributed by atoms with Crippen molar-refractivity contribution in [1.82, 2.24) is 20.1 Å². The molecule has 0 saturated heterocycles. The Hall–Kier alpha value is -2.96. The molecule has 2 aromatic heterocycles. The molecular weight excluding hydrogens is 306 g/mol. The summed E-state index contributed by atoms with van der Waals surface area (Å²) >= 11 is 0. The van der Waals surface area contributed by atoms with Crippen LogP contribution in [0.2, 0.25) is 0 Å². The van der Waals surface area contributed by atoms with Gasteiger partial charge in [-0.05, 0) is 11.6 Å². The van der Waals surface area contributed by atoms with Crippen molar-refractivity contribution in [1.29, 1.82) is 0 Å². The van der Waals surface area contributed by atoms with Crippen molar-refractivity contribution >= 4 is 5.82 Å². The second kappa shape index (κ2) is 6.27. The maximum absolute atomic E-state index is 5.89. The highest BCUT2D eigenvalue weighted by atomic mass is 16.5. The Bertz CT molecular complexity index is 835. The minimum atomic E-state index is 0.459. The van der Waals surface area contributed by atoms with E-state index in [2.05, 4.69) is 31.1 Å². The number of para-hydroxylation sites is 1. The molecule has 0 aliphatic carbocycles. The number of anilines is 1. The van der Waals surface area contributed by atoms with Gasteiger partial charge in [0.25, 0.3) is 0 Å². The molecule has 7 heteroatoms. The number of hydrogen-bond donors (Lipinski definition) is 0. The third-order valence-corrected chi connectivity index (χ3v) is 4.16. The lowest BCUT2D eigenvalue weighted by Gasteiger charge is -2.21. The summed E-state index contributed by atoms with van der Waals surface area (Å²) < 4.78 is 10.7. The monoisotopic (exact) mass is 323 g/mol. The lowest BCUT2D eigenvalue weighted by atomic mass is 10.0. The second-order valence-electron chi connectivity index (χ2n) is 5.71. The van der Waals surface area contributed by atoms with Crippen LogP contribution in [0.15, 0.2) is 41.5 Å². The SMILES string of the molecule is CN(CCc1ncon1)c1ncnc2c1Cc1ccccc1OC2. The van der Waals surface area contributed by atoms with Crippen LogP contribution < -0.4 is 9.64 Å². The van der Waals surface area contributed by atoms with Crippen molar-refractivity contribution in [2.24, 2.45) is 0 Å². The van der Waals surface area contributed by atoms with Gasteiger partial charge in [-0.25, -0.2) is 9.97 Å². The van der Waals surface area contributed by atoms with E-state index in [9.17, 15) is 0 Å². The van der Waals surface area contributed by atoms with E-state index in [1.165, 1.54) is 6.39 Å². The molecule has 1 aliphatic rings. The predicted molar refractivity (Wildman–Crippen MR) is 86.9 cm³/mol. The molecule has 0 atom stereocenters. The van der Waals surface area contributed by atoms with Crippen molar-refractivity contribution in [3.05, 3.63) is 59.6 Å². The van der Waals surface area contributed by atoms with Crippen molar-refractivity contribution in [2.75, 3.05) is 18.5 Å². The lowest BCUT2D eigenvalue weighted by Crippen LogP contribution is -2.24. The summed E-state index contributed by atoms with van der Waals surface area (Å²) in [5.74, 6) is 2.52. The van der Waals surface area contributed by atoms with E-state index in [-0.39, 0.29) is 0 Å². The minimum Gasteiger partial charge on any atom is -0.487 e. The summed E-state index contributed by atoms with van der Waals surface area (Å²) in [5.41, 5.74) is 3.19. The molecule has 0 saturated carbocycles. The third kappa shape index (κ3) is 2.80. The highest BCUT2D eigenvalue weighted by molar-refractivity contribution is 5.53. The fraction of sp³-hybridized carbons (Fsp3) is 0.294. The summed E-state index contributed by atoms with van der Waals surface area (Å²) in [5, 5.41) is 3.85. The van der Waals surface area contributed by atoms with Gasteiger partial charge >= 0.3 is 0 Å². The predicted octanol–water partition coefficient (Wildman–Crippen LogP) is 2.02. The van der Waals surface area contributed by atoms with Crippen LogP contribution in [0.5, 0.6) is 5.75 Å². The standard InChI is InChI=1S/C17H17N5O2/c1-22(7-6-16-20-11-24-21-16)17-13-8-12-4-2-3-5-15(12)23-9-14(13)18-10-19-17/h2-5,10-11H,6-9H2,1H3. The van der Waals surface area contributed by atoms with E-state index < -0.39 is 0 Å². The first-order valence-electron chi connectivity index (χ1n) is 7.81. The van der Waals surface area contributed by atoms with Crippen LogP contribution in [0.1, 0.15) is 22.6 Å². The third-order valence-electron chi connectivity index (χ3n) is 4.16. The number of likely N-dealkylation sites (N-methyl/N-ethyl adjacent to an activating group) is 1. The number of ether oxygens (including phenoxy) is 1. The van der Waals surface area contributed by atoms with Gasteiger partial charge in [0.15, 0.2) is 5.82 Å². The first-order valence-corrected chi connectivity index (χ1v) is 7.81. The van der Waals surface area contributed by atoms with Crippen molar-refractivity contribution < 1.29 is 9.26 Å². The largest absolute Gasteiger partial charge is 0.487 e. The van der Waals surface area contributed by atoms with E-state index in [0.29, 0.717) is 18.9 Å². The first-order chi connectivity index (χ1) is 11.8. The maximum atomic E-state index is 5.89. The van der Waals surface area contributed by atoms with Gasteiger partial charge in [-0.2, -0.15) is 4.98 Å². The van der Waals surface area contributed by atoms with Crippen molar-refractivity contribution in [3.63, 3.8) is 0 Å². The van der Waals surface area contributed by atoms with E-state index >= 15 is 0 Å². The molecule has 0 N–H and O–H groups in total. The highest BCUT2D eigenvalue weighted by Crippen LogP contribution is 2.31. The zero-order chi connectivity index (χ0) is 16.4. The Morgan fingerprint density at radius 1 is 1.17 bits per heavy atom. The van der Waals surface area contributed by atoms with Crippen LogP contribution in [0.25, 0.3) is 0 Å². The fourth-order valence-corrected chi connectivity index (χ4v) is 2.88. The average molecular weight is 323 g/mol. The second-order valence-corrected chi connectivity index (χ2v) is 5.71. The summed E-state index contributed by atoms with van der Waals surface area (Å²) in [6.45, 7) is 1.20. The quantitative estimate of drug-likeness (QED) is 0.727. The number of rotatable bonds is 4. The van der Waals surface area contributed by atoms with E-state index in [4.69, 9.17) is 9.26 Å². The van der Waals surface area contributed by atoms with Gasteiger partial charge in [0, 0.05) is 32.0 Å². The van der Waals surface area contributed by atoms with Gasteiger partial charge in [-0.15, -0.1) is 0 Å². The number of fused-ring (bicyclic) bond motifs is 2. The van der Waals surface area contributed by atoms with E-state index in [1.807, 2.05) is 25.2 Å². The smallest absolute Gasteiger partial charge is 0.213 e. The lowest BCUT2D eigenvalue weighted by molar-refractivity contribution is 0.302. The van der Waals surface area contributed by atoms with E-state index in [0.717, 1.165) is 41.4 Å². The normalized spacial score (nSPS) is 12.7. The topological polar surface area (TPSA) is 77.2 Å². The Labute approximate surface area is 139 Å². The molecule has 7 nitrogen and oxygen atoms in total. The summed E-state index contributed by atoms with van der Waals surface area (Å²) in [6.07, 6.45) is 4.39. The highest BCUT2D eigenvalue weighted by Gasteiger charge is 2.20. The molecular formula is C17H17N5O2. The summed E-state index contributed by atoms with van der Waals surface area (Å²) in [6, 6.07) is 8.09. The Kier molecular flexibility index (Phi) is 3.82. The molecule has 1 aliphatic heterocycles. The molecule has 3 aromatic rings. The number of hydrogen-bond acceptors (Lipinski definition) is 7. The average Bonchev–Trinajstić information content (AvgIpc) is 3.06. The fourth-order valence-electron chi connectivity index (χ4n) is 2.88. The molecule has 0 fully saturated rings. The minimum absolute atomic E-state index is 0.459. The van der Waals surface area contributed by atoms with Crippen LogP contribution in [-0.4, -0.2) is 33.7 Å². The molecule has 0 amide bonds. The molecule has 4 rings (SSSR count). The van der Waals surface area contributed by atoms with Crippen molar-refractivity contribution in [3.8, 4) is 5.75 Å². The molecule has 1 aromatic carbocycles. The number of nitrogens with zero attached hydrogens (tertiary/aromatic N) is 5. The van der Waals surface area contributed by atoms with Gasteiger partial charge in [-0.3, -0.25) is 0 Å². The summed E-state index contributed by atoms with van der Waals surface area (Å²) in [4.78, 5) is 15.1. The van der Waals surface area contributed by atoms with Gasteiger partial charge in [0.05, 0.1) is 5.69 Å². The molecule has 0 unspecified atom stereocenters. The molecule has 0 spiro atoms. The molecule has 122 valence electrons. The zero-order valence-corrected chi connectivity index (χ0v) is 13.3. The Morgan fingerprint density at radius 3 is 2.96 bits per heavy atom. The maximum Gasteiger partial charge on any atom is 0.213 e. The Morgan fingerprint density at radius 2 is 2.08 bits per heavy atom. The zero-order valence-electron chi connectivity index (χ0n) is 13.3. The van der Waals surface area contributed by atoms with Crippen LogP contribution in [-0.2, 0) is 19.4 Å². The number of aromatic nitrogens is 4. The summed E-state index contributed by atoms with van der Waals surface area (Å²) in [7, 11) is 2.01. The van der Waals surface area contributed by atoms with Crippen LogP contribution in [0, 0.1) is 0 Å². The molecule has 0 radical (unpaired) electrons. The molecule has 0 bridgehead atoms. The van der Waals surface area contributed by atoms with Gasteiger partial charge in [-0.1, -0.05) is 23.4 Å². The first kappa shape index (κ1) is 14.6. The van der Waals surface area contributed by atoms with Crippen LogP contribution >= 0.6 is 0 Å². The van der Waals surface area contributed by atoms with E-state index in [1.54, 1.807) is 6.33 Å².